The summed E-state index contributed by atoms with van der Waals surface area (Å²) < 4.78 is 10.8. The smallest absolute Gasteiger partial charge is 0.408 e. The molecule has 2 aromatic rings. The molecule has 0 spiro atoms. The summed E-state index contributed by atoms with van der Waals surface area (Å²) in [5.41, 5.74) is 3.25. The number of ether oxygens (including phenoxy) is 2. The van der Waals surface area contributed by atoms with Gasteiger partial charge in [0.05, 0.1) is 6.10 Å². The van der Waals surface area contributed by atoms with Gasteiger partial charge in [0, 0.05) is 13.0 Å². The normalized spacial score (nSPS) is 18.0. The fraction of sp³-hybridized carbons (Fsp3) is 0.444. The first-order valence-corrected chi connectivity index (χ1v) is 12.1. The summed E-state index contributed by atoms with van der Waals surface area (Å²) in [7, 11) is 1.39. The van der Waals surface area contributed by atoms with E-state index in [4.69, 9.17) is 9.47 Å². The Labute approximate surface area is 205 Å². The van der Waals surface area contributed by atoms with E-state index in [2.05, 4.69) is 22.8 Å². The van der Waals surface area contributed by atoms with Gasteiger partial charge >= 0.3 is 12.1 Å². The number of nitrogens with one attached hydrogen (secondary N) is 2. The number of carbonyl (C=O) groups is 3. The molecule has 1 saturated carbocycles. The second-order valence-corrected chi connectivity index (χ2v) is 9.32. The van der Waals surface area contributed by atoms with Crippen LogP contribution in [0.2, 0.25) is 0 Å². The molecular weight excluding hydrogens is 448 g/mol. The number of rotatable bonds is 8. The highest BCUT2D eigenvalue weighted by atomic mass is 16.5. The number of hydrogen-bond acceptors (Lipinski definition) is 5. The van der Waals surface area contributed by atoms with Crippen molar-refractivity contribution in [2.75, 3.05) is 13.7 Å². The molecule has 186 valence electrons. The molecule has 35 heavy (non-hydrogen) atoms. The van der Waals surface area contributed by atoms with Crippen LogP contribution in [0.15, 0.2) is 48.5 Å². The standard InChI is InChI=1S/C27H32N2O6/c1-17(34-2)23(24(30)31)28-25(32)27(14-8-3-9-15-27)29-26(33)35-16-22-20-12-6-4-10-18(20)19-11-5-7-13-21(19)22/h4-7,10-13,17,22-23H,3,8-9,14-16H2,1-2H3,(H,28,32)(H,29,33)(H,30,31). The predicted molar refractivity (Wildman–Crippen MR) is 130 cm³/mol. The zero-order valence-corrected chi connectivity index (χ0v) is 20.1. The van der Waals surface area contributed by atoms with E-state index in [1.807, 2.05) is 36.4 Å². The van der Waals surface area contributed by atoms with E-state index in [0.29, 0.717) is 12.8 Å². The average Bonchev–Trinajstić information content (AvgIpc) is 3.19. The van der Waals surface area contributed by atoms with Crippen LogP contribution in [0.1, 0.15) is 56.1 Å². The first kappa shape index (κ1) is 24.7. The third-order valence-corrected chi connectivity index (χ3v) is 7.22. The molecule has 2 atom stereocenters. The van der Waals surface area contributed by atoms with E-state index in [0.717, 1.165) is 41.5 Å². The van der Waals surface area contributed by atoms with E-state index in [-0.39, 0.29) is 12.5 Å². The minimum atomic E-state index is -1.23. The SMILES string of the molecule is COC(C)C(NC(=O)C1(NC(=O)OCC2c3ccccc3-c3ccccc32)CCCCC1)C(=O)O. The molecule has 2 amide bonds. The number of fused-ring (bicyclic) bond motifs is 3. The van der Waals surface area contributed by atoms with Crippen LogP contribution in [-0.2, 0) is 19.1 Å². The van der Waals surface area contributed by atoms with Gasteiger partial charge in [-0.2, -0.15) is 0 Å². The Kier molecular flexibility index (Phi) is 7.40. The Hall–Kier alpha value is -3.39. The van der Waals surface area contributed by atoms with Crippen LogP contribution < -0.4 is 10.6 Å². The van der Waals surface area contributed by atoms with Gasteiger partial charge in [0.2, 0.25) is 5.91 Å². The van der Waals surface area contributed by atoms with Crippen molar-refractivity contribution in [1.82, 2.24) is 10.6 Å². The summed E-state index contributed by atoms with van der Waals surface area (Å²) in [5.74, 6) is -1.81. The molecule has 4 rings (SSSR count). The van der Waals surface area contributed by atoms with Gasteiger partial charge in [-0.3, -0.25) is 4.79 Å². The second kappa shape index (κ2) is 10.5. The Morgan fingerprint density at radius 2 is 1.57 bits per heavy atom. The minimum absolute atomic E-state index is 0.0942. The highest BCUT2D eigenvalue weighted by molar-refractivity contribution is 5.93. The van der Waals surface area contributed by atoms with Crippen molar-refractivity contribution in [3.8, 4) is 11.1 Å². The largest absolute Gasteiger partial charge is 0.480 e. The molecule has 0 saturated heterocycles. The lowest BCUT2D eigenvalue weighted by molar-refractivity contribution is -0.147. The first-order chi connectivity index (χ1) is 16.9. The quantitative estimate of drug-likeness (QED) is 0.529. The van der Waals surface area contributed by atoms with Gasteiger partial charge in [-0.1, -0.05) is 67.8 Å². The number of hydrogen-bond donors (Lipinski definition) is 3. The van der Waals surface area contributed by atoms with Gasteiger partial charge in [0.15, 0.2) is 6.04 Å². The molecule has 0 aliphatic heterocycles. The van der Waals surface area contributed by atoms with Crippen LogP contribution in [0.5, 0.6) is 0 Å². The molecule has 2 aliphatic carbocycles. The van der Waals surface area contributed by atoms with Gasteiger partial charge in [-0.05, 0) is 42.0 Å². The predicted octanol–water partition coefficient (Wildman–Crippen LogP) is 3.83. The van der Waals surface area contributed by atoms with Crippen LogP contribution >= 0.6 is 0 Å². The number of amides is 2. The van der Waals surface area contributed by atoms with E-state index >= 15 is 0 Å². The van der Waals surface area contributed by atoms with Crippen molar-refractivity contribution in [3.63, 3.8) is 0 Å². The lowest BCUT2D eigenvalue weighted by Crippen LogP contribution is -2.63. The topological polar surface area (TPSA) is 114 Å². The maximum absolute atomic E-state index is 13.3. The van der Waals surface area contributed by atoms with E-state index < -0.39 is 35.7 Å². The molecular formula is C27H32N2O6. The van der Waals surface area contributed by atoms with E-state index in [1.54, 1.807) is 6.92 Å². The van der Waals surface area contributed by atoms with Gasteiger partial charge in [0.1, 0.15) is 12.1 Å². The molecule has 0 radical (unpaired) electrons. The van der Waals surface area contributed by atoms with Crippen LogP contribution in [0.25, 0.3) is 11.1 Å². The number of carboxylic acids is 1. The molecule has 2 aromatic carbocycles. The van der Waals surface area contributed by atoms with Crippen molar-refractivity contribution < 1.29 is 29.0 Å². The average molecular weight is 481 g/mol. The molecule has 0 heterocycles. The molecule has 8 heteroatoms. The lowest BCUT2D eigenvalue weighted by Gasteiger charge is -2.37. The second-order valence-electron chi connectivity index (χ2n) is 9.32. The van der Waals surface area contributed by atoms with Crippen molar-refractivity contribution in [3.05, 3.63) is 59.7 Å². The summed E-state index contributed by atoms with van der Waals surface area (Å²) in [6, 6.07) is 14.9. The Morgan fingerprint density at radius 1 is 1.00 bits per heavy atom. The molecule has 0 bridgehead atoms. The maximum atomic E-state index is 13.3. The molecule has 1 fully saturated rings. The highest BCUT2D eigenvalue weighted by Crippen LogP contribution is 2.44. The monoisotopic (exact) mass is 480 g/mol. The van der Waals surface area contributed by atoms with Gasteiger partial charge in [-0.25, -0.2) is 9.59 Å². The van der Waals surface area contributed by atoms with Crippen molar-refractivity contribution in [2.24, 2.45) is 0 Å². The minimum Gasteiger partial charge on any atom is -0.480 e. The number of carbonyl (C=O) groups excluding carboxylic acids is 2. The number of aliphatic carboxylic acids is 1. The molecule has 2 aliphatic rings. The number of carboxylic acid groups (broad SMARTS) is 1. The number of benzene rings is 2. The van der Waals surface area contributed by atoms with Crippen molar-refractivity contribution in [1.29, 1.82) is 0 Å². The van der Waals surface area contributed by atoms with Crippen molar-refractivity contribution >= 4 is 18.0 Å². The Bertz CT molecular complexity index is 1050. The summed E-state index contributed by atoms with van der Waals surface area (Å²) in [6.45, 7) is 1.71. The van der Waals surface area contributed by atoms with E-state index in [1.165, 1.54) is 7.11 Å². The zero-order chi connectivity index (χ0) is 25.0. The summed E-state index contributed by atoms with van der Waals surface area (Å²) in [6.07, 6.45) is 1.84. The fourth-order valence-corrected chi connectivity index (χ4v) is 5.19. The van der Waals surface area contributed by atoms with Gasteiger partial charge < -0.3 is 25.2 Å². The van der Waals surface area contributed by atoms with Crippen LogP contribution in [-0.4, -0.2) is 54.5 Å². The zero-order valence-electron chi connectivity index (χ0n) is 20.1. The summed E-state index contributed by atoms with van der Waals surface area (Å²) in [4.78, 5) is 37.9. The van der Waals surface area contributed by atoms with E-state index in [9.17, 15) is 19.5 Å². The number of alkyl carbamates (subject to hydrolysis) is 1. The fourth-order valence-electron chi connectivity index (χ4n) is 5.19. The molecule has 0 aromatic heterocycles. The third-order valence-electron chi connectivity index (χ3n) is 7.22. The van der Waals surface area contributed by atoms with Gasteiger partial charge in [-0.15, -0.1) is 0 Å². The van der Waals surface area contributed by atoms with Gasteiger partial charge in [0.25, 0.3) is 0 Å². The van der Waals surface area contributed by atoms with Crippen LogP contribution in [0.3, 0.4) is 0 Å². The Balaban J connectivity index is 1.47. The van der Waals surface area contributed by atoms with Crippen molar-refractivity contribution in [2.45, 2.75) is 62.6 Å². The molecule has 2 unspecified atom stereocenters. The summed E-state index contributed by atoms with van der Waals surface area (Å²) in [5, 5.41) is 14.9. The highest BCUT2D eigenvalue weighted by Gasteiger charge is 2.44. The summed E-state index contributed by atoms with van der Waals surface area (Å²) >= 11 is 0. The first-order valence-electron chi connectivity index (χ1n) is 12.1. The Morgan fingerprint density at radius 3 is 2.11 bits per heavy atom. The van der Waals surface area contributed by atoms with Crippen LogP contribution in [0.4, 0.5) is 4.79 Å². The molecule has 8 nitrogen and oxygen atoms in total. The van der Waals surface area contributed by atoms with Crippen LogP contribution in [0, 0.1) is 0 Å². The lowest BCUT2D eigenvalue weighted by atomic mass is 9.80. The molecule has 3 N–H and O–H groups in total. The third kappa shape index (κ3) is 5.03. The maximum Gasteiger partial charge on any atom is 0.408 e. The number of methoxy groups -OCH3 is 1.